The summed E-state index contributed by atoms with van der Waals surface area (Å²) in [5.74, 6) is -1.29. The van der Waals surface area contributed by atoms with Crippen LogP contribution in [0, 0.1) is 12.7 Å². The highest BCUT2D eigenvalue weighted by atomic mass is 19.1. The topological polar surface area (TPSA) is 79.6 Å². The Morgan fingerprint density at radius 1 is 1.11 bits per heavy atom. The van der Waals surface area contributed by atoms with Crippen molar-refractivity contribution in [3.05, 3.63) is 65.2 Å². The van der Waals surface area contributed by atoms with E-state index in [9.17, 15) is 18.8 Å². The number of imide groups is 1. The van der Waals surface area contributed by atoms with E-state index >= 15 is 0 Å². The second kappa shape index (κ2) is 6.92. The van der Waals surface area contributed by atoms with Crippen LogP contribution in [0.1, 0.15) is 34.5 Å². The van der Waals surface area contributed by atoms with Crippen molar-refractivity contribution in [2.75, 3.05) is 5.32 Å². The summed E-state index contributed by atoms with van der Waals surface area (Å²) in [7, 11) is 0. The van der Waals surface area contributed by atoms with E-state index in [0.29, 0.717) is 16.6 Å². The fraction of sp³-hybridized carbons (Fsp3) is 0.190. The number of para-hydroxylation sites is 1. The van der Waals surface area contributed by atoms with Gasteiger partial charge in [-0.15, -0.1) is 0 Å². The number of hydrogen-bond donors (Lipinski definition) is 1. The van der Waals surface area contributed by atoms with Crippen molar-refractivity contribution in [2.24, 2.45) is 0 Å². The third-order valence-corrected chi connectivity index (χ3v) is 4.83. The van der Waals surface area contributed by atoms with Crippen LogP contribution >= 0.6 is 0 Å². The van der Waals surface area contributed by atoms with E-state index in [4.69, 9.17) is 4.42 Å². The van der Waals surface area contributed by atoms with Crippen molar-refractivity contribution in [3.63, 3.8) is 0 Å². The van der Waals surface area contributed by atoms with Crippen LogP contribution in [0.4, 0.5) is 10.1 Å². The van der Waals surface area contributed by atoms with Crippen LogP contribution in [0.3, 0.4) is 0 Å². The van der Waals surface area contributed by atoms with E-state index in [2.05, 4.69) is 5.32 Å². The SMILES string of the molecule is Cc1c(C(=O)Nc2ccc(CN3C(=O)CCC3=O)cc2)oc2c(F)cccc12. The van der Waals surface area contributed by atoms with Crippen LogP contribution in [0.15, 0.2) is 46.9 Å². The molecule has 0 spiro atoms. The molecule has 1 aromatic heterocycles. The summed E-state index contributed by atoms with van der Waals surface area (Å²) < 4.78 is 19.3. The number of halogens is 1. The highest BCUT2D eigenvalue weighted by Gasteiger charge is 2.28. The number of carbonyl (C=O) groups is 3. The molecule has 0 aliphatic carbocycles. The molecule has 0 bridgehead atoms. The maximum atomic E-state index is 13.9. The van der Waals surface area contributed by atoms with Crippen molar-refractivity contribution < 1.29 is 23.2 Å². The molecular weight excluding hydrogens is 363 g/mol. The van der Waals surface area contributed by atoms with Crippen LogP contribution in [-0.2, 0) is 16.1 Å². The van der Waals surface area contributed by atoms with Gasteiger partial charge in [0.15, 0.2) is 17.2 Å². The number of nitrogens with one attached hydrogen (secondary N) is 1. The third-order valence-electron chi connectivity index (χ3n) is 4.83. The molecule has 3 aromatic rings. The number of fused-ring (bicyclic) bond motifs is 1. The van der Waals surface area contributed by atoms with Gasteiger partial charge in [0, 0.05) is 29.5 Å². The van der Waals surface area contributed by atoms with Gasteiger partial charge >= 0.3 is 0 Å². The zero-order valence-electron chi connectivity index (χ0n) is 15.1. The van der Waals surface area contributed by atoms with E-state index in [1.807, 2.05) is 0 Å². The molecule has 28 heavy (non-hydrogen) atoms. The van der Waals surface area contributed by atoms with Gasteiger partial charge in [-0.05, 0) is 30.7 Å². The Bertz CT molecular complexity index is 1090. The number of likely N-dealkylation sites (tertiary alicyclic amines) is 1. The Labute approximate surface area is 159 Å². The number of amides is 3. The van der Waals surface area contributed by atoms with Crippen molar-refractivity contribution in [1.82, 2.24) is 4.90 Å². The number of furan rings is 1. The number of anilines is 1. The highest BCUT2D eigenvalue weighted by molar-refractivity contribution is 6.06. The Hall–Kier alpha value is -3.48. The minimum atomic E-state index is -0.519. The molecule has 0 saturated carbocycles. The summed E-state index contributed by atoms with van der Waals surface area (Å²) in [6.07, 6.45) is 0.509. The van der Waals surface area contributed by atoms with Crippen LogP contribution < -0.4 is 5.32 Å². The lowest BCUT2D eigenvalue weighted by atomic mass is 10.1. The van der Waals surface area contributed by atoms with Crippen LogP contribution in [0.25, 0.3) is 11.0 Å². The normalized spacial score (nSPS) is 14.1. The molecule has 7 heteroatoms. The van der Waals surface area contributed by atoms with Crippen molar-refractivity contribution in [1.29, 1.82) is 0 Å². The van der Waals surface area contributed by atoms with E-state index in [-0.39, 0.29) is 42.5 Å². The maximum Gasteiger partial charge on any atom is 0.291 e. The second-order valence-electron chi connectivity index (χ2n) is 6.70. The lowest BCUT2D eigenvalue weighted by Crippen LogP contribution is -2.28. The van der Waals surface area contributed by atoms with Gasteiger partial charge in [0.2, 0.25) is 11.8 Å². The predicted molar refractivity (Wildman–Crippen MR) is 100 cm³/mol. The average molecular weight is 380 g/mol. The first-order chi connectivity index (χ1) is 13.4. The summed E-state index contributed by atoms with van der Waals surface area (Å²) in [5, 5.41) is 3.27. The van der Waals surface area contributed by atoms with E-state index in [1.54, 1.807) is 43.3 Å². The smallest absolute Gasteiger partial charge is 0.291 e. The quantitative estimate of drug-likeness (QED) is 0.699. The van der Waals surface area contributed by atoms with Crippen molar-refractivity contribution >= 4 is 34.4 Å². The summed E-state index contributed by atoms with van der Waals surface area (Å²) >= 11 is 0. The van der Waals surface area contributed by atoms with Gasteiger partial charge in [-0.2, -0.15) is 0 Å². The predicted octanol–water partition coefficient (Wildman–Crippen LogP) is 3.78. The molecule has 1 saturated heterocycles. The number of aryl methyl sites for hydroxylation is 1. The lowest BCUT2D eigenvalue weighted by molar-refractivity contribution is -0.139. The Morgan fingerprint density at radius 2 is 1.79 bits per heavy atom. The Balaban J connectivity index is 1.49. The van der Waals surface area contributed by atoms with Gasteiger partial charge in [0.05, 0.1) is 6.54 Å². The van der Waals surface area contributed by atoms with Crippen molar-refractivity contribution in [2.45, 2.75) is 26.3 Å². The third kappa shape index (κ3) is 3.15. The number of benzene rings is 2. The van der Waals surface area contributed by atoms with E-state index < -0.39 is 11.7 Å². The molecular formula is C21H17FN2O4. The van der Waals surface area contributed by atoms with Gasteiger partial charge in [0.25, 0.3) is 5.91 Å². The number of nitrogens with zero attached hydrogens (tertiary/aromatic N) is 1. The summed E-state index contributed by atoms with van der Waals surface area (Å²) in [5.41, 5.74) is 1.92. The zero-order chi connectivity index (χ0) is 19.8. The Morgan fingerprint density at radius 3 is 2.43 bits per heavy atom. The maximum absolute atomic E-state index is 13.9. The van der Waals surface area contributed by atoms with Crippen LogP contribution in [-0.4, -0.2) is 22.6 Å². The minimum absolute atomic E-state index is 0.0532. The number of carbonyl (C=O) groups excluding carboxylic acids is 3. The lowest BCUT2D eigenvalue weighted by Gasteiger charge is -2.14. The molecule has 1 aliphatic heterocycles. The summed E-state index contributed by atoms with van der Waals surface area (Å²) in [6.45, 7) is 1.92. The van der Waals surface area contributed by atoms with Gasteiger partial charge in [-0.25, -0.2) is 4.39 Å². The minimum Gasteiger partial charge on any atom is -0.448 e. The van der Waals surface area contributed by atoms with Crippen molar-refractivity contribution in [3.8, 4) is 0 Å². The fourth-order valence-corrected chi connectivity index (χ4v) is 3.29. The second-order valence-corrected chi connectivity index (χ2v) is 6.70. The van der Waals surface area contributed by atoms with Gasteiger partial charge < -0.3 is 9.73 Å². The van der Waals surface area contributed by atoms with E-state index in [1.165, 1.54) is 11.0 Å². The molecule has 1 fully saturated rings. The fourth-order valence-electron chi connectivity index (χ4n) is 3.29. The molecule has 1 N–H and O–H groups in total. The number of hydrogen-bond acceptors (Lipinski definition) is 4. The summed E-state index contributed by atoms with van der Waals surface area (Å²) in [6, 6.07) is 11.4. The van der Waals surface area contributed by atoms with Crippen LogP contribution in [0.2, 0.25) is 0 Å². The number of rotatable bonds is 4. The first-order valence-electron chi connectivity index (χ1n) is 8.85. The monoisotopic (exact) mass is 380 g/mol. The molecule has 142 valence electrons. The molecule has 2 aromatic carbocycles. The molecule has 1 aliphatic rings. The van der Waals surface area contributed by atoms with Gasteiger partial charge in [-0.3, -0.25) is 19.3 Å². The molecule has 3 amide bonds. The molecule has 0 radical (unpaired) electrons. The standard InChI is InChI=1S/C21H17FN2O4/c1-12-15-3-2-4-16(22)20(15)28-19(12)21(27)23-14-7-5-13(6-8-14)11-24-17(25)9-10-18(24)26/h2-8H,9-11H2,1H3,(H,23,27). The van der Waals surface area contributed by atoms with Crippen LogP contribution in [0.5, 0.6) is 0 Å². The first kappa shape index (κ1) is 17.9. The molecule has 6 nitrogen and oxygen atoms in total. The zero-order valence-corrected chi connectivity index (χ0v) is 15.1. The van der Waals surface area contributed by atoms with Gasteiger partial charge in [-0.1, -0.05) is 24.3 Å². The molecule has 2 heterocycles. The molecule has 0 atom stereocenters. The molecule has 4 rings (SSSR count). The largest absolute Gasteiger partial charge is 0.448 e. The first-order valence-corrected chi connectivity index (χ1v) is 8.85. The van der Waals surface area contributed by atoms with E-state index in [0.717, 1.165) is 5.56 Å². The van der Waals surface area contributed by atoms with Gasteiger partial charge in [0.1, 0.15) is 0 Å². The Kier molecular flexibility index (Phi) is 4.43. The molecule has 0 unspecified atom stereocenters. The summed E-state index contributed by atoms with van der Waals surface area (Å²) in [4.78, 5) is 37.2. The highest BCUT2D eigenvalue weighted by Crippen LogP contribution is 2.28. The average Bonchev–Trinajstić information content (AvgIpc) is 3.19.